The minimum absolute atomic E-state index is 0.0564. The molecule has 0 spiro atoms. The van der Waals surface area contributed by atoms with Gasteiger partial charge in [-0.05, 0) is 47.6 Å². The maximum atomic E-state index is 12.6. The van der Waals surface area contributed by atoms with Crippen molar-refractivity contribution in [1.82, 2.24) is 9.80 Å². The summed E-state index contributed by atoms with van der Waals surface area (Å²) >= 11 is 9.40. The van der Waals surface area contributed by atoms with Crippen LogP contribution in [0.5, 0.6) is 0 Å². The second-order valence-corrected chi connectivity index (χ2v) is 6.21. The first-order chi connectivity index (χ1) is 9.02. The minimum atomic E-state index is 0.0564. The quantitative estimate of drug-likeness (QED) is 0.821. The standard InChI is InChI=1S/C14H18BrClN2O/c1-3-11-9-18(7-6-17(11)2)14(19)12-8-10(16)4-5-13(12)15/h4-5,8,11H,3,6-7,9H2,1-2H3. The number of hydrogen-bond donors (Lipinski definition) is 0. The second-order valence-electron chi connectivity index (χ2n) is 4.92. The Balaban J connectivity index is 2.18. The van der Waals surface area contributed by atoms with Crippen LogP contribution in [0.3, 0.4) is 0 Å². The molecule has 1 aromatic rings. The molecule has 1 atom stereocenters. The van der Waals surface area contributed by atoms with Crippen LogP contribution < -0.4 is 0 Å². The molecule has 5 heteroatoms. The normalized spacial score (nSPS) is 20.6. The Kier molecular flexibility index (Phi) is 4.87. The molecule has 0 radical (unpaired) electrons. The van der Waals surface area contributed by atoms with Gasteiger partial charge >= 0.3 is 0 Å². The summed E-state index contributed by atoms with van der Waals surface area (Å²) in [4.78, 5) is 16.8. The molecule has 2 rings (SSSR count). The minimum Gasteiger partial charge on any atom is -0.336 e. The first kappa shape index (κ1) is 14.8. The van der Waals surface area contributed by atoms with Gasteiger partial charge in [-0.15, -0.1) is 0 Å². The lowest BCUT2D eigenvalue weighted by Gasteiger charge is -2.39. The highest BCUT2D eigenvalue weighted by Gasteiger charge is 2.27. The summed E-state index contributed by atoms with van der Waals surface area (Å²) in [5.41, 5.74) is 0.645. The predicted molar refractivity (Wildman–Crippen MR) is 81.8 cm³/mol. The van der Waals surface area contributed by atoms with Gasteiger partial charge in [-0.25, -0.2) is 0 Å². The van der Waals surface area contributed by atoms with Gasteiger partial charge < -0.3 is 4.90 Å². The predicted octanol–water partition coefficient (Wildman–Crippen LogP) is 3.27. The molecule has 1 amide bonds. The smallest absolute Gasteiger partial charge is 0.255 e. The van der Waals surface area contributed by atoms with E-state index in [-0.39, 0.29) is 5.91 Å². The van der Waals surface area contributed by atoms with Gasteiger partial charge in [0.2, 0.25) is 0 Å². The molecule has 0 aromatic heterocycles. The molecule has 104 valence electrons. The number of hydrogen-bond acceptors (Lipinski definition) is 2. The highest BCUT2D eigenvalue weighted by Crippen LogP contribution is 2.24. The first-order valence-electron chi connectivity index (χ1n) is 6.47. The van der Waals surface area contributed by atoms with E-state index >= 15 is 0 Å². The van der Waals surface area contributed by atoms with Gasteiger partial charge in [0.1, 0.15) is 0 Å². The Morgan fingerprint density at radius 1 is 1.47 bits per heavy atom. The fourth-order valence-corrected chi connectivity index (χ4v) is 2.99. The molecule has 19 heavy (non-hydrogen) atoms. The molecule has 0 aliphatic carbocycles. The van der Waals surface area contributed by atoms with Crippen LogP contribution >= 0.6 is 27.5 Å². The van der Waals surface area contributed by atoms with Crippen LogP contribution in [0.2, 0.25) is 5.02 Å². The number of piperazine rings is 1. The van der Waals surface area contributed by atoms with Crippen molar-refractivity contribution in [3.8, 4) is 0 Å². The fraction of sp³-hybridized carbons (Fsp3) is 0.500. The summed E-state index contributed by atoms with van der Waals surface area (Å²) in [5, 5.41) is 0.590. The molecule has 1 unspecified atom stereocenters. The fourth-order valence-electron chi connectivity index (χ4n) is 2.40. The van der Waals surface area contributed by atoms with E-state index in [1.807, 2.05) is 11.0 Å². The zero-order chi connectivity index (χ0) is 14.0. The van der Waals surface area contributed by atoms with Crippen LogP contribution in [-0.2, 0) is 0 Å². The molecule has 1 aliphatic heterocycles. The summed E-state index contributed by atoms with van der Waals surface area (Å²) in [6.45, 7) is 4.63. The van der Waals surface area contributed by atoms with E-state index in [9.17, 15) is 4.79 Å². The van der Waals surface area contributed by atoms with E-state index in [1.165, 1.54) is 0 Å². The summed E-state index contributed by atoms with van der Waals surface area (Å²) in [5.74, 6) is 0.0564. The first-order valence-corrected chi connectivity index (χ1v) is 7.64. The number of likely N-dealkylation sites (N-methyl/N-ethyl adjacent to an activating group) is 1. The van der Waals surface area contributed by atoms with Gasteiger partial charge in [-0.1, -0.05) is 18.5 Å². The Hall–Kier alpha value is -0.580. The van der Waals surface area contributed by atoms with E-state index in [4.69, 9.17) is 11.6 Å². The largest absolute Gasteiger partial charge is 0.336 e. The summed E-state index contributed by atoms with van der Waals surface area (Å²) in [6, 6.07) is 5.77. The number of rotatable bonds is 2. The summed E-state index contributed by atoms with van der Waals surface area (Å²) in [7, 11) is 2.12. The SMILES string of the molecule is CCC1CN(C(=O)c2cc(Cl)ccc2Br)CCN1C. The average Bonchev–Trinajstić information content (AvgIpc) is 2.41. The van der Waals surface area contributed by atoms with Crippen molar-refractivity contribution in [2.45, 2.75) is 19.4 Å². The zero-order valence-corrected chi connectivity index (χ0v) is 13.5. The molecule has 0 bridgehead atoms. The van der Waals surface area contributed by atoms with Crippen molar-refractivity contribution in [2.75, 3.05) is 26.7 Å². The molecule has 1 aromatic carbocycles. The highest BCUT2D eigenvalue weighted by atomic mass is 79.9. The van der Waals surface area contributed by atoms with Crippen molar-refractivity contribution >= 4 is 33.4 Å². The Morgan fingerprint density at radius 2 is 2.21 bits per heavy atom. The van der Waals surface area contributed by atoms with Crippen molar-refractivity contribution in [3.05, 3.63) is 33.3 Å². The molecule has 1 saturated heterocycles. The average molecular weight is 346 g/mol. The van der Waals surface area contributed by atoms with Crippen LogP contribution in [0.15, 0.2) is 22.7 Å². The van der Waals surface area contributed by atoms with Crippen LogP contribution in [0.25, 0.3) is 0 Å². The molecule has 0 saturated carbocycles. The van der Waals surface area contributed by atoms with Crippen molar-refractivity contribution in [3.63, 3.8) is 0 Å². The maximum absolute atomic E-state index is 12.6. The lowest BCUT2D eigenvalue weighted by molar-refractivity contribution is 0.0541. The number of halogens is 2. The van der Waals surface area contributed by atoms with Crippen molar-refractivity contribution in [2.24, 2.45) is 0 Å². The van der Waals surface area contributed by atoms with Gasteiger partial charge in [0.25, 0.3) is 5.91 Å². The van der Waals surface area contributed by atoms with Crippen molar-refractivity contribution < 1.29 is 4.79 Å². The highest BCUT2D eigenvalue weighted by molar-refractivity contribution is 9.10. The van der Waals surface area contributed by atoms with Crippen LogP contribution in [0, 0.1) is 0 Å². The number of nitrogens with zero attached hydrogens (tertiary/aromatic N) is 2. The third-order valence-electron chi connectivity index (χ3n) is 3.69. The van der Waals surface area contributed by atoms with Gasteiger partial charge in [0.15, 0.2) is 0 Å². The van der Waals surface area contributed by atoms with E-state index in [0.29, 0.717) is 16.6 Å². The topological polar surface area (TPSA) is 23.6 Å². The molecular weight excluding hydrogens is 328 g/mol. The van der Waals surface area contributed by atoms with Gasteiger partial charge in [-0.2, -0.15) is 0 Å². The van der Waals surface area contributed by atoms with Gasteiger partial charge in [0.05, 0.1) is 5.56 Å². The summed E-state index contributed by atoms with van der Waals surface area (Å²) < 4.78 is 0.800. The molecule has 1 fully saturated rings. The van der Waals surface area contributed by atoms with Crippen LogP contribution in [-0.4, -0.2) is 48.4 Å². The van der Waals surface area contributed by atoms with E-state index in [2.05, 4.69) is 34.8 Å². The zero-order valence-electron chi connectivity index (χ0n) is 11.2. The Bertz CT molecular complexity index is 481. The molecule has 1 aliphatic rings. The van der Waals surface area contributed by atoms with Crippen LogP contribution in [0.1, 0.15) is 23.7 Å². The van der Waals surface area contributed by atoms with Gasteiger partial charge in [-0.3, -0.25) is 9.69 Å². The number of benzene rings is 1. The Labute approximate surface area is 127 Å². The van der Waals surface area contributed by atoms with E-state index in [1.54, 1.807) is 12.1 Å². The monoisotopic (exact) mass is 344 g/mol. The van der Waals surface area contributed by atoms with E-state index < -0.39 is 0 Å². The lowest BCUT2D eigenvalue weighted by Crippen LogP contribution is -2.53. The van der Waals surface area contributed by atoms with Crippen molar-refractivity contribution in [1.29, 1.82) is 0 Å². The number of amides is 1. The number of carbonyl (C=O) groups is 1. The van der Waals surface area contributed by atoms with Crippen LogP contribution in [0.4, 0.5) is 0 Å². The molecular formula is C14H18BrClN2O. The Morgan fingerprint density at radius 3 is 2.89 bits per heavy atom. The molecule has 1 heterocycles. The molecule has 0 N–H and O–H groups in total. The van der Waals surface area contributed by atoms with E-state index in [0.717, 1.165) is 30.5 Å². The van der Waals surface area contributed by atoms with Gasteiger partial charge in [0, 0.05) is 35.2 Å². The molecule has 3 nitrogen and oxygen atoms in total. The maximum Gasteiger partial charge on any atom is 0.255 e. The third-order valence-corrected chi connectivity index (χ3v) is 4.62. The summed E-state index contributed by atoms with van der Waals surface area (Å²) in [6.07, 6.45) is 1.05. The second kappa shape index (κ2) is 6.25. The number of carbonyl (C=O) groups excluding carboxylic acids is 1. The lowest BCUT2D eigenvalue weighted by atomic mass is 10.1. The third kappa shape index (κ3) is 3.30.